The highest BCUT2D eigenvalue weighted by molar-refractivity contribution is 9.10. The molecule has 2 aromatic carbocycles. The molecule has 0 N–H and O–H groups in total. The van der Waals surface area contributed by atoms with Gasteiger partial charge >= 0.3 is 17.9 Å². The summed E-state index contributed by atoms with van der Waals surface area (Å²) >= 11 is 3.08. The molecule has 146 valence electrons. The van der Waals surface area contributed by atoms with Crippen LogP contribution in [0.25, 0.3) is 0 Å². The van der Waals surface area contributed by atoms with Gasteiger partial charge in [-0.1, -0.05) is 36.4 Å². The van der Waals surface area contributed by atoms with Crippen molar-refractivity contribution in [2.45, 2.75) is 0 Å². The number of halogens is 1. The van der Waals surface area contributed by atoms with Gasteiger partial charge in [0.1, 0.15) is 16.1 Å². The summed E-state index contributed by atoms with van der Waals surface area (Å²) in [6.45, 7) is 0. The van der Waals surface area contributed by atoms with Crippen molar-refractivity contribution in [1.29, 1.82) is 0 Å². The fourth-order valence-corrected chi connectivity index (χ4v) is 2.54. The Morgan fingerprint density at radius 2 is 1.34 bits per heavy atom. The van der Waals surface area contributed by atoms with Gasteiger partial charge in [0.05, 0.1) is 4.92 Å². The van der Waals surface area contributed by atoms with Gasteiger partial charge in [0.15, 0.2) is 0 Å². The van der Waals surface area contributed by atoms with E-state index >= 15 is 0 Å². The molecule has 0 aliphatic heterocycles. The molecule has 0 aliphatic rings. The van der Waals surface area contributed by atoms with Gasteiger partial charge in [0.2, 0.25) is 5.82 Å². The third-order valence-corrected chi connectivity index (χ3v) is 3.93. The minimum atomic E-state index is -1.22. The van der Waals surface area contributed by atoms with Crippen LogP contribution in [0.5, 0.6) is 11.5 Å². The molecule has 0 spiro atoms. The van der Waals surface area contributed by atoms with Crippen molar-refractivity contribution in [1.82, 2.24) is 4.98 Å². The fraction of sp³-hybridized carbons (Fsp3) is 0. The van der Waals surface area contributed by atoms with Gasteiger partial charge in [-0.2, -0.15) is 4.90 Å². The molecule has 0 saturated heterocycles. The summed E-state index contributed by atoms with van der Waals surface area (Å²) in [5, 5.41) is 11.4. The maximum atomic E-state index is 12.8. The predicted octanol–water partition coefficient (Wildman–Crippen LogP) is 4.96. The van der Waals surface area contributed by atoms with Crippen LogP contribution in [-0.4, -0.2) is 22.1 Å². The van der Waals surface area contributed by atoms with Crippen molar-refractivity contribution in [2.75, 3.05) is 4.90 Å². The van der Waals surface area contributed by atoms with Gasteiger partial charge in [0, 0.05) is 6.07 Å². The van der Waals surface area contributed by atoms with E-state index in [-0.39, 0.29) is 16.1 Å². The number of anilines is 1. The van der Waals surface area contributed by atoms with E-state index in [1.165, 1.54) is 30.3 Å². The smallest absolute Gasteiger partial charge is 0.410 e. The molecule has 10 heteroatoms. The van der Waals surface area contributed by atoms with Crippen molar-refractivity contribution in [3.8, 4) is 11.5 Å². The first-order chi connectivity index (χ1) is 14.0. The van der Waals surface area contributed by atoms with Crippen LogP contribution in [0.1, 0.15) is 0 Å². The number of nitrogens with zero attached hydrogens (tertiary/aromatic N) is 3. The Balaban J connectivity index is 2.01. The Hall–Kier alpha value is -3.79. The number of hydrogen-bond acceptors (Lipinski definition) is 7. The molecule has 2 amide bonds. The third kappa shape index (κ3) is 4.93. The second kappa shape index (κ2) is 8.93. The van der Waals surface area contributed by atoms with Gasteiger partial charge in [-0.25, -0.2) is 14.6 Å². The number of para-hydroxylation sites is 2. The van der Waals surface area contributed by atoms with Crippen LogP contribution in [0, 0.1) is 10.1 Å². The second-order valence-electron chi connectivity index (χ2n) is 5.43. The lowest BCUT2D eigenvalue weighted by Gasteiger charge is -2.19. The molecule has 0 atom stereocenters. The lowest BCUT2D eigenvalue weighted by molar-refractivity contribution is -0.384. The Bertz CT molecular complexity index is 993. The van der Waals surface area contributed by atoms with E-state index in [1.807, 2.05) is 0 Å². The summed E-state index contributed by atoms with van der Waals surface area (Å²) in [6, 6.07) is 18.3. The van der Waals surface area contributed by atoms with E-state index < -0.39 is 28.6 Å². The Morgan fingerprint density at radius 3 is 1.79 bits per heavy atom. The molecule has 0 fully saturated rings. The number of nitro groups is 1. The molecule has 0 unspecified atom stereocenters. The summed E-state index contributed by atoms with van der Waals surface area (Å²) in [4.78, 5) is 40.4. The van der Waals surface area contributed by atoms with E-state index in [1.54, 1.807) is 36.4 Å². The monoisotopic (exact) mass is 457 g/mol. The van der Waals surface area contributed by atoms with Crippen LogP contribution in [0.15, 0.2) is 77.4 Å². The highest BCUT2D eigenvalue weighted by atomic mass is 79.9. The second-order valence-corrected chi connectivity index (χ2v) is 6.24. The zero-order valence-electron chi connectivity index (χ0n) is 14.6. The molecule has 29 heavy (non-hydrogen) atoms. The van der Waals surface area contributed by atoms with Crippen LogP contribution in [0.4, 0.5) is 21.1 Å². The number of benzene rings is 2. The maximum Gasteiger partial charge on any atom is 0.430 e. The average molecular weight is 458 g/mol. The number of carbonyl (C=O) groups is 2. The Kier molecular flexibility index (Phi) is 6.15. The largest absolute Gasteiger partial charge is 0.430 e. The predicted molar refractivity (Wildman–Crippen MR) is 106 cm³/mol. The van der Waals surface area contributed by atoms with Crippen LogP contribution >= 0.6 is 15.9 Å². The van der Waals surface area contributed by atoms with Crippen molar-refractivity contribution in [3.63, 3.8) is 0 Å². The molecule has 0 saturated carbocycles. The van der Waals surface area contributed by atoms with Crippen LogP contribution < -0.4 is 14.4 Å². The fourth-order valence-electron chi connectivity index (χ4n) is 2.24. The number of carbonyl (C=O) groups excluding carboxylic acids is 2. The Labute approximate surface area is 172 Å². The Morgan fingerprint density at radius 1 is 0.862 bits per heavy atom. The minimum Gasteiger partial charge on any atom is -0.410 e. The van der Waals surface area contributed by atoms with Gasteiger partial charge in [0.25, 0.3) is 0 Å². The standard InChI is InChI=1S/C19H12BrN3O6/c20-16-12-11-15(23(26)27)17(21-16)22(18(24)28-13-7-3-1-4-8-13)19(25)29-14-9-5-2-6-10-14/h1-12H. The normalized spacial score (nSPS) is 10.1. The molecule has 0 bridgehead atoms. The van der Waals surface area contributed by atoms with Crippen molar-refractivity contribution >= 4 is 39.6 Å². The number of pyridine rings is 1. The quantitative estimate of drug-likeness (QED) is 0.309. The molecular weight excluding hydrogens is 446 g/mol. The summed E-state index contributed by atoms with van der Waals surface area (Å²) in [6.07, 6.45) is -2.43. The number of rotatable bonds is 4. The van der Waals surface area contributed by atoms with Crippen LogP contribution in [0.3, 0.4) is 0 Å². The molecule has 1 heterocycles. The highest BCUT2D eigenvalue weighted by Gasteiger charge is 2.35. The minimum absolute atomic E-state index is 0.132. The SMILES string of the molecule is O=C(Oc1ccccc1)N(C(=O)Oc1ccccc1)c1nc(Br)ccc1[N+](=O)[O-]. The first kappa shape index (κ1) is 20.0. The summed E-state index contributed by atoms with van der Waals surface area (Å²) < 4.78 is 10.5. The van der Waals surface area contributed by atoms with Gasteiger partial charge in [-0.05, 0) is 46.3 Å². The van der Waals surface area contributed by atoms with Crippen molar-refractivity contribution < 1.29 is 24.0 Å². The molecule has 3 rings (SSSR count). The summed E-state index contributed by atoms with van der Waals surface area (Å²) in [7, 11) is 0. The molecule has 1 aromatic heterocycles. The molecule has 3 aromatic rings. The lowest BCUT2D eigenvalue weighted by Crippen LogP contribution is -2.42. The number of hydrogen-bond donors (Lipinski definition) is 0. The van der Waals surface area contributed by atoms with E-state index in [2.05, 4.69) is 20.9 Å². The van der Waals surface area contributed by atoms with Crippen molar-refractivity contribution in [2.24, 2.45) is 0 Å². The first-order valence-corrected chi connectivity index (χ1v) is 8.90. The van der Waals surface area contributed by atoms with E-state index in [0.29, 0.717) is 4.90 Å². The molecule has 0 radical (unpaired) electrons. The van der Waals surface area contributed by atoms with Crippen LogP contribution in [0.2, 0.25) is 0 Å². The van der Waals surface area contributed by atoms with Gasteiger partial charge in [-0.15, -0.1) is 0 Å². The van der Waals surface area contributed by atoms with E-state index in [9.17, 15) is 19.7 Å². The average Bonchev–Trinajstić information content (AvgIpc) is 2.69. The van der Waals surface area contributed by atoms with Gasteiger partial charge < -0.3 is 9.47 Å². The maximum absolute atomic E-state index is 12.8. The molecule has 9 nitrogen and oxygen atoms in total. The topological polar surface area (TPSA) is 112 Å². The zero-order valence-corrected chi connectivity index (χ0v) is 16.2. The molecular formula is C19H12BrN3O6. The summed E-state index contributed by atoms with van der Waals surface area (Å²) in [5.74, 6) is -0.286. The number of ether oxygens (including phenoxy) is 2. The van der Waals surface area contributed by atoms with E-state index in [0.717, 1.165) is 6.07 Å². The van der Waals surface area contributed by atoms with E-state index in [4.69, 9.17) is 9.47 Å². The number of amides is 2. The molecule has 0 aliphatic carbocycles. The number of aromatic nitrogens is 1. The van der Waals surface area contributed by atoms with Gasteiger partial charge in [-0.3, -0.25) is 10.1 Å². The lowest BCUT2D eigenvalue weighted by atomic mass is 10.3. The zero-order chi connectivity index (χ0) is 20.8. The first-order valence-electron chi connectivity index (χ1n) is 8.10. The third-order valence-electron chi connectivity index (χ3n) is 3.49. The number of imide groups is 1. The van der Waals surface area contributed by atoms with Crippen LogP contribution in [-0.2, 0) is 0 Å². The van der Waals surface area contributed by atoms with Crippen molar-refractivity contribution in [3.05, 3.63) is 87.5 Å². The highest BCUT2D eigenvalue weighted by Crippen LogP contribution is 2.29. The summed E-state index contributed by atoms with van der Waals surface area (Å²) in [5.41, 5.74) is -0.580.